The highest BCUT2D eigenvalue weighted by molar-refractivity contribution is 7.07. The lowest BCUT2D eigenvalue weighted by Crippen LogP contribution is -2.37. The summed E-state index contributed by atoms with van der Waals surface area (Å²) in [6.45, 7) is 4.28. The van der Waals surface area contributed by atoms with E-state index in [0.29, 0.717) is 37.6 Å². The molecule has 0 atom stereocenters. The molecule has 0 saturated carbocycles. The van der Waals surface area contributed by atoms with Gasteiger partial charge in [-0.1, -0.05) is 49.9 Å². The van der Waals surface area contributed by atoms with Crippen LogP contribution in [0.4, 0.5) is 18.0 Å². The van der Waals surface area contributed by atoms with Gasteiger partial charge in [-0.05, 0) is 60.4 Å². The fourth-order valence-corrected chi connectivity index (χ4v) is 4.80. The minimum atomic E-state index is -4.74. The second-order valence-electron chi connectivity index (χ2n) is 8.67. The number of alkyl halides is 3. The second-order valence-corrected chi connectivity index (χ2v) is 9.94. The zero-order valence-electron chi connectivity index (χ0n) is 21.2. The van der Waals surface area contributed by atoms with Gasteiger partial charge in [0.25, 0.3) is 0 Å². The minimum absolute atomic E-state index is 0.190. The maximum atomic E-state index is 12.5. The Morgan fingerprint density at radius 1 is 1.00 bits per heavy atom. The fourth-order valence-electron chi connectivity index (χ4n) is 3.73. The van der Waals surface area contributed by atoms with E-state index in [0.717, 1.165) is 47.3 Å². The summed E-state index contributed by atoms with van der Waals surface area (Å²) in [7, 11) is 0. The van der Waals surface area contributed by atoms with E-state index in [1.165, 1.54) is 23.5 Å². The van der Waals surface area contributed by atoms with Gasteiger partial charge in [-0.15, -0.1) is 24.5 Å². The second kappa shape index (κ2) is 14.8. The van der Waals surface area contributed by atoms with Crippen molar-refractivity contribution in [1.29, 1.82) is 0 Å². The van der Waals surface area contributed by atoms with Gasteiger partial charge < -0.3 is 19.9 Å². The normalized spacial score (nSPS) is 12.0. The number of nitrogens with zero attached hydrogens (tertiary/aromatic N) is 2. The first kappa shape index (κ1) is 29.6. The number of benzene rings is 2. The number of amides is 2. The molecule has 2 N–H and O–H groups in total. The highest BCUT2D eigenvalue weighted by atomic mass is 35.5. The van der Waals surface area contributed by atoms with E-state index < -0.39 is 6.36 Å². The molecule has 3 aromatic rings. The summed E-state index contributed by atoms with van der Waals surface area (Å²) in [6.07, 6.45) is 0.268. The van der Waals surface area contributed by atoms with Crippen molar-refractivity contribution < 1.29 is 22.7 Å². The van der Waals surface area contributed by atoms with Gasteiger partial charge in [0, 0.05) is 30.0 Å². The molecular formula is C27H32ClF3N4O2S. The fraction of sp³-hybridized carbons (Fsp3) is 0.407. The topological polar surface area (TPSA) is 67.7 Å². The molecule has 3 rings (SSSR count). The molecule has 0 saturated heterocycles. The third kappa shape index (κ3) is 10.1. The van der Waals surface area contributed by atoms with E-state index in [1.54, 1.807) is 12.1 Å². The number of nitrogens with one attached hydrogen (secondary N) is 2. The van der Waals surface area contributed by atoms with Crippen molar-refractivity contribution in [2.24, 2.45) is 4.99 Å². The number of thiazole rings is 1. The molecule has 1 heterocycles. The van der Waals surface area contributed by atoms with Crippen molar-refractivity contribution in [3.8, 4) is 17.0 Å². The molecule has 0 aliphatic rings. The number of ether oxygens (including phenoxy) is 1. The lowest BCUT2D eigenvalue weighted by molar-refractivity contribution is -0.274. The van der Waals surface area contributed by atoms with Gasteiger partial charge in [-0.3, -0.25) is 4.99 Å². The molecule has 1 aromatic heterocycles. The molecule has 0 fully saturated rings. The molecule has 2 amide bonds. The van der Waals surface area contributed by atoms with Crippen LogP contribution in [0, 0.1) is 0 Å². The van der Waals surface area contributed by atoms with Crippen LogP contribution in [-0.4, -0.2) is 30.1 Å². The largest absolute Gasteiger partial charge is 0.573 e. The van der Waals surface area contributed by atoms with Crippen molar-refractivity contribution in [3.05, 3.63) is 69.3 Å². The lowest BCUT2D eigenvalue weighted by Gasteiger charge is -2.12. The standard InChI is InChI=1S/C27H32ClF3N4O2S/c1-2-3-4-5-15-32-25(36)33-16-6-17-35-24(21-9-13-23(14-10-21)37-27(29,30)31)19-38-26(35)34-18-20-7-11-22(28)12-8-20/h7-14,19H,2-6,15-18H2,1H3,(H2,32,33,36)/b34-26-. The number of unbranched alkanes of at least 4 members (excludes halogenated alkanes) is 3. The van der Waals surface area contributed by atoms with Gasteiger partial charge in [0.2, 0.25) is 0 Å². The Labute approximate surface area is 229 Å². The van der Waals surface area contributed by atoms with E-state index >= 15 is 0 Å². The molecule has 6 nitrogen and oxygen atoms in total. The first-order valence-electron chi connectivity index (χ1n) is 12.6. The first-order chi connectivity index (χ1) is 18.2. The van der Waals surface area contributed by atoms with Gasteiger partial charge in [0.15, 0.2) is 4.80 Å². The lowest BCUT2D eigenvalue weighted by atomic mass is 10.1. The predicted molar refractivity (Wildman–Crippen MR) is 145 cm³/mol. The third-order valence-corrected chi connectivity index (χ3v) is 6.80. The molecule has 0 radical (unpaired) electrons. The molecule has 0 spiro atoms. The molecule has 0 bridgehead atoms. The maximum Gasteiger partial charge on any atom is 0.573 e. The predicted octanol–water partition coefficient (Wildman–Crippen LogP) is 7.14. The zero-order valence-corrected chi connectivity index (χ0v) is 22.8. The number of carbonyl (C=O) groups is 1. The quantitative estimate of drug-likeness (QED) is 0.215. The SMILES string of the molecule is CCCCCCNC(=O)NCCCn1c(-c2ccc(OC(F)(F)F)cc2)cs/c1=N\Cc1ccc(Cl)cc1. The Morgan fingerprint density at radius 3 is 2.34 bits per heavy atom. The van der Waals surface area contributed by atoms with Crippen molar-refractivity contribution in [1.82, 2.24) is 15.2 Å². The van der Waals surface area contributed by atoms with Crippen LogP contribution in [0.3, 0.4) is 0 Å². The Bertz CT molecular complexity index is 1210. The van der Waals surface area contributed by atoms with Crippen LogP contribution >= 0.6 is 22.9 Å². The number of urea groups is 1. The first-order valence-corrected chi connectivity index (χ1v) is 13.8. The van der Waals surface area contributed by atoms with E-state index in [-0.39, 0.29) is 11.8 Å². The van der Waals surface area contributed by atoms with Gasteiger partial charge in [-0.25, -0.2) is 4.79 Å². The van der Waals surface area contributed by atoms with Gasteiger partial charge in [0.05, 0.1) is 12.2 Å². The van der Waals surface area contributed by atoms with Crippen LogP contribution in [0.5, 0.6) is 5.75 Å². The summed E-state index contributed by atoms with van der Waals surface area (Å²) in [5.74, 6) is -0.277. The zero-order chi connectivity index (χ0) is 27.4. The molecule has 0 aliphatic heterocycles. The molecule has 0 aliphatic carbocycles. The molecule has 2 aromatic carbocycles. The smallest absolute Gasteiger partial charge is 0.406 e. The van der Waals surface area contributed by atoms with Crippen molar-refractivity contribution in [3.63, 3.8) is 0 Å². The van der Waals surface area contributed by atoms with E-state index in [9.17, 15) is 18.0 Å². The monoisotopic (exact) mass is 568 g/mol. The van der Waals surface area contributed by atoms with Crippen LogP contribution in [0.1, 0.15) is 44.6 Å². The average molecular weight is 569 g/mol. The summed E-state index contributed by atoms with van der Waals surface area (Å²) in [5, 5.41) is 8.33. The number of halogens is 4. The number of aromatic nitrogens is 1. The Morgan fingerprint density at radius 2 is 1.68 bits per heavy atom. The van der Waals surface area contributed by atoms with Gasteiger partial charge >= 0.3 is 12.4 Å². The van der Waals surface area contributed by atoms with Crippen molar-refractivity contribution in [2.45, 2.75) is 58.5 Å². The average Bonchev–Trinajstić information content (AvgIpc) is 3.28. The summed E-state index contributed by atoms with van der Waals surface area (Å²) in [4.78, 5) is 17.6. The van der Waals surface area contributed by atoms with Crippen molar-refractivity contribution >= 4 is 29.0 Å². The molecular weight excluding hydrogens is 537 g/mol. The number of hydrogen-bond acceptors (Lipinski definition) is 4. The van der Waals surface area contributed by atoms with Gasteiger partial charge in [-0.2, -0.15) is 0 Å². The number of carbonyl (C=O) groups excluding carboxylic acids is 1. The van der Waals surface area contributed by atoms with Crippen LogP contribution in [-0.2, 0) is 13.1 Å². The van der Waals surface area contributed by atoms with Crippen LogP contribution in [0.25, 0.3) is 11.3 Å². The Hall–Kier alpha value is -2.98. The Balaban J connectivity index is 1.69. The van der Waals surface area contributed by atoms with Crippen LogP contribution in [0.2, 0.25) is 5.02 Å². The van der Waals surface area contributed by atoms with Crippen molar-refractivity contribution in [2.75, 3.05) is 13.1 Å². The van der Waals surface area contributed by atoms with E-state index in [2.05, 4.69) is 22.3 Å². The minimum Gasteiger partial charge on any atom is -0.406 e. The summed E-state index contributed by atoms with van der Waals surface area (Å²) in [5.41, 5.74) is 2.56. The third-order valence-electron chi connectivity index (χ3n) is 5.65. The molecule has 38 heavy (non-hydrogen) atoms. The highest BCUT2D eigenvalue weighted by Crippen LogP contribution is 2.27. The summed E-state index contributed by atoms with van der Waals surface area (Å²) in [6, 6.07) is 13.0. The summed E-state index contributed by atoms with van der Waals surface area (Å²) < 4.78 is 43.7. The van der Waals surface area contributed by atoms with Crippen LogP contribution < -0.4 is 20.2 Å². The molecule has 0 unspecified atom stereocenters. The maximum absolute atomic E-state index is 12.5. The van der Waals surface area contributed by atoms with E-state index in [4.69, 9.17) is 16.6 Å². The Kier molecular flexibility index (Phi) is 11.5. The number of rotatable bonds is 13. The summed E-state index contributed by atoms with van der Waals surface area (Å²) >= 11 is 7.42. The highest BCUT2D eigenvalue weighted by Gasteiger charge is 2.31. The molecule has 206 valence electrons. The van der Waals surface area contributed by atoms with Gasteiger partial charge in [0.1, 0.15) is 5.75 Å². The number of hydrogen-bond donors (Lipinski definition) is 2. The molecule has 11 heteroatoms. The van der Waals surface area contributed by atoms with E-state index in [1.807, 2.05) is 34.2 Å². The van der Waals surface area contributed by atoms with Crippen LogP contribution in [0.15, 0.2) is 58.9 Å².